The number of aryl methyl sites for hydroxylation is 3. The average molecular weight is 323 g/mol. The van der Waals surface area contributed by atoms with Crippen LogP contribution in [0.1, 0.15) is 34.2 Å². The highest BCUT2D eigenvalue weighted by Gasteiger charge is 2.18. The Kier molecular flexibility index (Phi) is 4.30. The Balaban J connectivity index is 1.91. The number of nitrogens with one attached hydrogen (secondary N) is 1. The minimum atomic E-state index is -0.245. The van der Waals surface area contributed by atoms with Gasteiger partial charge in [-0.25, -0.2) is 0 Å². The van der Waals surface area contributed by atoms with E-state index in [4.69, 9.17) is 9.15 Å². The van der Waals surface area contributed by atoms with Gasteiger partial charge in [-0.15, -0.1) is 0 Å². The van der Waals surface area contributed by atoms with Gasteiger partial charge in [0.1, 0.15) is 11.3 Å². The number of amides is 1. The van der Waals surface area contributed by atoms with Gasteiger partial charge in [-0.05, 0) is 69.2 Å². The van der Waals surface area contributed by atoms with Crippen LogP contribution < -0.4 is 10.1 Å². The van der Waals surface area contributed by atoms with Crippen LogP contribution in [0.5, 0.6) is 5.75 Å². The predicted molar refractivity (Wildman–Crippen MR) is 96.0 cm³/mol. The lowest BCUT2D eigenvalue weighted by Gasteiger charge is -2.06. The molecule has 0 saturated carbocycles. The van der Waals surface area contributed by atoms with Crippen molar-refractivity contribution in [3.8, 4) is 5.75 Å². The Labute approximate surface area is 141 Å². The highest BCUT2D eigenvalue weighted by molar-refractivity contribution is 6.06. The smallest absolute Gasteiger partial charge is 0.291 e. The maximum atomic E-state index is 12.6. The van der Waals surface area contributed by atoms with Crippen molar-refractivity contribution in [3.63, 3.8) is 0 Å². The minimum absolute atomic E-state index is 0.245. The van der Waals surface area contributed by atoms with E-state index in [1.165, 1.54) is 5.56 Å². The van der Waals surface area contributed by atoms with Gasteiger partial charge in [-0.1, -0.05) is 6.07 Å². The maximum absolute atomic E-state index is 12.6. The topological polar surface area (TPSA) is 51.5 Å². The zero-order valence-corrected chi connectivity index (χ0v) is 14.4. The van der Waals surface area contributed by atoms with Crippen LogP contribution in [0.15, 0.2) is 40.8 Å². The number of benzene rings is 2. The molecule has 0 saturated heterocycles. The van der Waals surface area contributed by atoms with E-state index in [0.717, 1.165) is 28.0 Å². The molecule has 4 heteroatoms. The van der Waals surface area contributed by atoms with Crippen LogP contribution in [0.4, 0.5) is 5.69 Å². The van der Waals surface area contributed by atoms with Crippen molar-refractivity contribution in [2.24, 2.45) is 0 Å². The number of hydrogen-bond acceptors (Lipinski definition) is 3. The monoisotopic (exact) mass is 323 g/mol. The Bertz CT molecular complexity index is 909. The normalized spacial score (nSPS) is 10.8. The van der Waals surface area contributed by atoms with E-state index in [1.807, 2.05) is 64.1 Å². The summed E-state index contributed by atoms with van der Waals surface area (Å²) in [5.41, 5.74) is 4.58. The van der Waals surface area contributed by atoms with Gasteiger partial charge in [0.05, 0.1) is 6.61 Å². The highest BCUT2D eigenvalue weighted by atomic mass is 16.5. The standard InChI is InChI=1S/C20H21NO3/c1-5-23-16-8-9-18-17(11-16)14(4)19(24-18)20(22)21-15-7-6-12(2)13(3)10-15/h6-11H,5H2,1-4H3,(H,21,22). The van der Waals surface area contributed by atoms with Crippen molar-refractivity contribution in [1.29, 1.82) is 0 Å². The lowest BCUT2D eigenvalue weighted by molar-refractivity contribution is 0.0998. The van der Waals surface area contributed by atoms with Gasteiger partial charge >= 0.3 is 0 Å². The number of fused-ring (bicyclic) bond motifs is 1. The summed E-state index contributed by atoms with van der Waals surface area (Å²) in [5.74, 6) is 0.858. The van der Waals surface area contributed by atoms with Crippen LogP contribution in [0.25, 0.3) is 11.0 Å². The zero-order valence-electron chi connectivity index (χ0n) is 14.4. The molecular formula is C20H21NO3. The molecule has 1 heterocycles. The second-order valence-corrected chi connectivity index (χ2v) is 5.90. The van der Waals surface area contributed by atoms with Gasteiger partial charge in [-0.2, -0.15) is 0 Å². The molecular weight excluding hydrogens is 302 g/mol. The fraction of sp³-hybridized carbons (Fsp3) is 0.250. The molecule has 1 aromatic heterocycles. The van der Waals surface area contributed by atoms with E-state index < -0.39 is 0 Å². The van der Waals surface area contributed by atoms with Gasteiger partial charge < -0.3 is 14.5 Å². The van der Waals surface area contributed by atoms with Crippen molar-refractivity contribution < 1.29 is 13.9 Å². The summed E-state index contributed by atoms with van der Waals surface area (Å²) in [6.45, 7) is 8.49. The quantitative estimate of drug-likeness (QED) is 0.734. The van der Waals surface area contributed by atoms with Crippen LogP contribution in [0.2, 0.25) is 0 Å². The molecule has 0 radical (unpaired) electrons. The molecule has 1 amide bonds. The molecule has 1 N–H and O–H groups in total. The van der Waals surface area contributed by atoms with Crippen molar-refractivity contribution in [3.05, 3.63) is 58.8 Å². The van der Waals surface area contributed by atoms with Crippen molar-refractivity contribution in [2.75, 3.05) is 11.9 Å². The van der Waals surface area contributed by atoms with Crippen molar-refractivity contribution >= 4 is 22.6 Å². The van der Waals surface area contributed by atoms with E-state index in [0.29, 0.717) is 18.0 Å². The summed E-state index contributed by atoms with van der Waals surface area (Å²) < 4.78 is 11.3. The molecule has 0 unspecified atom stereocenters. The highest BCUT2D eigenvalue weighted by Crippen LogP contribution is 2.29. The fourth-order valence-corrected chi connectivity index (χ4v) is 2.68. The first-order chi connectivity index (χ1) is 11.5. The van der Waals surface area contributed by atoms with Crippen LogP contribution in [-0.2, 0) is 0 Å². The first-order valence-corrected chi connectivity index (χ1v) is 8.04. The summed E-state index contributed by atoms with van der Waals surface area (Å²) in [6.07, 6.45) is 0. The van der Waals surface area contributed by atoms with Gasteiger partial charge in [0.25, 0.3) is 5.91 Å². The lowest BCUT2D eigenvalue weighted by atomic mass is 10.1. The zero-order chi connectivity index (χ0) is 17.3. The van der Waals surface area contributed by atoms with E-state index in [9.17, 15) is 4.79 Å². The van der Waals surface area contributed by atoms with E-state index in [2.05, 4.69) is 5.32 Å². The van der Waals surface area contributed by atoms with Crippen LogP contribution in [0.3, 0.4) is 0 Å². The number of carbonyl (C=O) groups is 1. The second kappa shape index (κ2) is 6.40. The largest absolute Gasteiger partial charge is 0.494 e. The van der Waals surface area contributed by atoms with Gasteiger partial charge in [-0.3, -0.25) is 4.79 Å². The minimum Gasteiger partial charge on any atom is -0.494 e. The van der Waals surface area contributed by atoms with Crippen molar-refractivity contribution in [1.82, 2.24) is 0 Å². The molecule has 2 aromatic carbocycles. The Morgan fingerprint density at radius 1 is 1.08 bits per heavy atom. The van der Waals surface area contributed by atoms with Gasteiger partial charge in [0, 0.05) is 16.6 Å². The van der Waals surface area contributed by atoms with Gasteiger partial charge in [0.2, 0.25) is 0 Å². The number of carbonyl (C=O) groups excluding carboxylic acids is 1. The number of rotatable bonds is 4. The molecule has 24 heavy (non-hydrogen) atoms. The summed E-state index contributed by atoms with van der Waals surface area (Å²) in [6, 6.07) is 11.4. The average Bonchev–Trinajstić information content (AvgIpc) is 2.88. The number of ether oxygens (including phenoxy) is 1. The summed E-state index contributed by atoms with van der Waals surface area (Å²) in [5, 5.41) is 3.80. The molecule has 3 aromatic rings. The maximum Gasteiger partial charge on any atom is 0.291 e. The third-order valence-electron chi connectivity index (χ3n) is 4.19. The molecule has 3 rings (SSSR count). The van der Waals surface area contributed by atoms with E-state index in [-0.39, 0.29) is 5.91 Å². The molecule has 0 bridgehead atoms. The summed E-state index contributed by atoms with van der Waals surface area (Å²) in [4.78, 5) is 12.6. The number of hydrogen-bond donors (Lipinski definition) is 1. The predicted octanol–water partition coefficient (Wildman–Crippen LogP) is 5.01. The van der Waals surface area contributed by atoms with E-state index >= 15 is 0 Å². The van der Waals surface area contributed by atoms with Crippen LogP contribution >= 0.6 is 0 Å². The molecule has 0 aliphatic heterocycles. The van der Waals surface area contributed by atoms with Gasteiger partial charge in [0.15, 0.2) is 5.76 Å². The van der Waals surface area contributed by atoms with Crippen LogP contribution in [0, 0.1) is 20.8 Å². The molecule has 0 atom stereocenters. The number of furan rings is 1. The first-order valence-electron chi connectivity index (χ1n) is 8.04. The Hall–Kier alpha value is -2.75. The third kappa shape index (κ3) is 3.00. The molecule has 0 fully saturated rings. The van der Waals surface area contributed by atoms with E-state index in [1.54, 1.807) is 0 Å². The summed E-state index contributed by atoms with van der Waals surface area (Å²) >= 11 is 0. The summed E-state index contributed by atoms with van der Waals surface area (Å²) in [7, 11) is 0. The SMILES string of the molecule is CCOc1ccc2oc(C(=O)Nc3ccc(C)c(C)c3)c(C)c2c1. The molecule has 0 aliphatic carbocycles. The molecule has 4 nitrogen and oxygen atoms in total. The van der Waals surface area contributed by atoms with Crippen LogP contribution in [-0.4, -0.2) is 12.5 Å². The first kappa shape index (κ1) is 16.1. The third-order valence-corrected chi connectivity index (χ3v) is 4.19. The Morgan fingerprint density at radius 2 is 1.88 bits per heavy atom. The lowest BCUT2D eigenvalue weighted by Crippen LogP contribution is -2.12. The Morgan fingerprint density at radius 3 is 2.58 bits per heavy atom. The number of anilines is 1. The van der Waals surface area contributed by atoms with Crippen molar-refractivity contribution in [2.45, 2.75) is 27.7 Å². The second-order valence-electron chi connectivity index (χ2n) is 5.90. The molecule has 124 valence electrons. The molecule has 0 spiro atoms. The molecule has 0 aliphatic rings. The fourth-order valence-electron chi connectivity index (χ4n) is 2.68.